The molecule has 14 heavy (non-hydrogen) atoms. The number of nitrogens with zero attached hydrogens (tertiary/aromatic N) is 1. The van der Waals surface area contributed by atoms with Crippen molar-refractivity contribution in [3.05, 3.63) is 0 Å². The fourth-order valence-electron chi connectivity index (χ4n) is 1.77. The molecule has 82 valence electrons. The van der Waals surface area contributed by atoms with Crippen molar-refractivity contribution in [2.75, 3.05) is 19.7 Å². The van der Waals surface area contributed by atoms with Crippen LogP contribution in [0.2, 0.25) is 0 Å². The number of hydrogen-bond acceptors (Lipinski definition) is 3. The van der Waals surface area contributed by atoms with E-state index in [0.717, 1.165) is 32.5 Å². The van der Waals surface area contributed by atoms with E-state index in [-0.39, 0.29) is 11.9 Å². The molecule has 1 atom stereocenters. The lowest BCUT2D eigenvalue weighted by Gasteiger charge is -2.32. The average Bonchev–Trinajstić information content (AvgIpc) is 2.18. The van der Waals surface area contributed by atoms with Gasteiger partial charge in [0.2, 0.25) is 5.91 Å². The summed E-state index contributed by atoms with van der Waals surface area (Å²) in [6, 6.07) is -0.376. The van der Waals surface area contributed by atoms with E-state index in [2.05, 4.69) is 0 Å². The highest BCUT2D eigenvalue weighted by Gasteiger charge is 2.24. The van der Waals surface area contributed by atoms with Crippen molar-refractivity contribution in [1.29, 1.82) is 0 Å². The van der Waals surface area contributed by atoms with Gasteiger partial charge in [-0.1, -0.05) is 0 Å². The third-order valence-electron chi connectivity index (χ3n) is 2.55. The quantitative estimate of drug-likeness (QED) is 0.715. The molecule has 1 amide bonds. The Morgan fingerprint density at radius 2 is 2.14 bits per heavy atom. The fourth-order valence-corrected chi connectivity index (χ4v) is 1.77. The van der Waals surface area contributed by atoms with Gasteiger partial charge in [0.15, 0.2) is 0 Å². The fraction of sp³-hybridized carbons (Fsp3) is 0.900. The van der Waals surface area contributed by atoms with Gasteiger partial charge in [-0.3, -0.25) is 4.79 Å². The molecule has 0 bridgehead atoms. The maximum atomic E-state index is 11.5. The van der Waals surface area contributed by atoms with Crippen molar-refractivity contribution in [3.8, 4) is 0 Å². The Morgan fingerprint density at radius 3 is 2.57 bits per heavy atom. The first kappa shape index (κ1) is 11.5. The van der Waals surface area contributed by atoms with Gasteiger partial charge in [-0.05, 0) is 26.7 Å². The zero-order chi connectivity index (χ0) is 10.6. The molecule has 0 aromatic heterocycles. The van der Waals surface area contributed by atoms with Crippen LogP contribution in [0, 0.1) is 0 Å². The predicted molar refractivity (Wildman–Crippen MR) is 54.9 cm³/mol. The normalized spacial score (nSPS) is 20.9. The predicted octanol–water partition coefficient (Wildman–Crippen LogP) is 0.361. The maximum Gasteiger partial charge on any atom is 0.239 e. The topological polar surface area (TPSA) is 55.6 Å². The second-order valence-electron chi connectivity index (χ2n) is 3.77. The first-order valence-corrected chi connectivity index (χ1v) is 5.31. The smallest absolute Gasteiger partial charge is 0.239 e. The Bertz CT molecular complexity index is 187. The number of piperidine rings is 1. The van der Waals surface area contributed by atoms with Crippen LogP contribution in [0.15, 0.2) is 0 Å². The maximum absolute atomic E-state index is 11.5. The summed E-state index contributed by atoms with van der Waals surface area (Å²) in [6.07, 6.45) is 2.20. The zero-order valence-corrected chi connectivity index (χ0v) is 9.03. The van der Waals surface area contributed by atoms with E-state index in [1.807, 2.05) is 11.8 Å². The summed E-state index contributed by atoms with van der Waals surface area (Å²) < 4.78 is 5.50. The van der Waals surface area contributed by atoms with E-state index in [9.17, 15) is 4.79 Å². The van der Waals surface area contributed by atoms with Crippen molar-refractivity contribution >= 4 is 5.91 Å². The van der Waals surface area contributed by atoms with Crippen LogP contribution in [-0.2, 0) is 9.53 Å². The molecule has 1 aliphatic rings. The molecule has 1 fully saturated rings. The summed E-state index contributed by atoms with van der Waals surface area (Å²) >= 11 is 0. The summed E-state index contributed by atoms with van der Waals surface area (Å²) in [5.41, 5.74) is 5.54. The van der Waals surface area contributed by atoms with Gasteiger partial charge < -0.3 is 15.4 Å². The van der Waals surface area contributed by atoms with E-state index in [4.69, 9.17) is 10.5 Å². The summed E-state index contributed by atoms with van der Waals surface area (Å²) in [6.45, 7) is 6.05. The van der Waals surface area contributed by atoms with Gasteiger partial charge in [-0.2, -0.15) is 0 Å². The Morgan fingerprint density at radius 1 is 1.57 bits per heavy atom. The minimum Gasteiger partial charge on any atom is -0.378 e. The molecule has 4 nitrogen and oxygen atoms in total. The molecule has 0 unspecified atom stereocenters. The van der Waals surface area contributed by atoms with Crippen LogP contribution in [-0.4, -0.2) is 42.6 Å². The lowest BCUT2D eigenvalue weighted by molar-refractivity contribution is -0.134. The molecule has 1 heterocycles. The van der Waals surface area contributed by atoms with Crippen molar-refractivity contribution in [2.24, 2.45) is 5.73 Å². The highest BCUT2D eigenvalue weighted by atomic mass is 16.5. The van der Waals surface area contributed by atoms with E-state index in [1.165, 1.54) is 0 Å². The van der Waals surface area contributed by atoms with Crippen LogP contribution < -0.4 is 5.73 Å². The number of likely N-dealkylation sites (tertiary alicyclic amines) is 1. The Balaban J connectivity index is 2.32. The van der Waals surface area contributed by atoms with Crippen LogP contribution in [0.4, 0.5) is 0 Å². The van der Waals surface area contributed by atoms with E-state index >= 15 is 0 Å². The summed E-state index contributed by atoms with van der Waals surface area (Å²) in [5.74, 6) is 0.0555. The lowest BCUT2D eigenvalue weighted by atomic mass is 10.1. The number of amides is 1. The van der Waals surface area contributed by atoms with Gasteiger partial charge in [0.05, 0.1) is 12.1 Å². The summed E-state index contributed by atoms with van der Waals surface area (Å²) in [5, 5.41) is 0. The molecule has 1 saturated heterocycles. The van der Waals surface area contributed by atoms with Crippen LogP contribution in [0.1, 0.15) is 26.7 Å². The second kappa shape index (κ2) is 5.32. The van der Waals surface area contributed by atoms with Gasteiger partial charge >= 0.3 is 0 Å². The van der Waals surface area contributed by atoms with Crippen LogP contribution in [0.25, 0.3) is 0 Å². The lowest BCUT2D eigenvalue weighted by Crippen LogP contribution is -2.47. The number of ether oxygens (including phenoxy) is 1. The van der Waals surface area contributed by atoms with Gasteiger partial charge in [0.25, 0.3) is 0 Å². The molecule has 4 heteroatoms. The monoisotopic (exact) mass is 200 g/mol. The molecule has 2 N–H and O–H groups in total. The zero-order valence-electron chi connectivity index (χ0n) is 9.03. The minimum atomic E-state index is -0.376. The number of hydrogen-bond donors (Lipinski definition) is 1. The van der Waals surface area contributed by atoms with Crippen molar-refractivity contribution in [2.45, 2.75) is 38.8 Å². The largest absolute Gasteiger partial charge is 0.378 e. The van der Waals surface area contributed by atoms with Gasteiger partial charge in [0.1, 0.15) is 0 Å². The molecule has 0 radical (unpaired) electrons. The second-order valence-corrected chi connectivity index (χ2v) is 3.77. The summed E-state index contributed by atoms with van der Waals surface area (Å²) in [4.78, 5) is 13.4. The van der Waals surface area contributed by atoms with E-state index in [1.54, 1.807) is 6.92 Å². The molecule has 1 rings (SSSR count). The molecule has 0 saturated carbocycles. The van der Waals surface area contributed by atoms with Gasteiger partial charge in [0, 0.05) is 19.7 Å². The van der Waals surface area contributed by atoms with Gasteiger partial charge in [-0.15, -0.1) is 0 Å². The standard InChI is InChI=1S/C10H20N2O2/c1-3-14-9-4-6-12(7-5-9)10(13)8(2)11/h8-9H,3-7,11H2,1-2H3/t8-/m1/s1. The molecular formula is C10H20N2O2. The van der Waals surface area contributed by atoms with Crippen LogP contribution in [0.5, 0.6) is 0 Å². The average molecular weight is 200 g/mol. The number of carbonyl (C=O) groups excluding carboxylic acids is 1. The number of carbonyl (C=O) groups is 1. The van der Waals surface area contributed by atoms with Crippen LogP contribution >= 0.6 is 0 Å². The Labute approximate surface area is 85.4 Å². The third-order valence-corrected chi connectivity index (χ3v) is 2.55. The Kier molecular flexibility index (Phi) is 4.35. The van der Waals surface area contributed by atoms with Crippen LogP contribution in [0.3, 0.4) is 0 Å². The molecule has 0 aromatic carbocycles. The highest BCUT2D eigenvalue weighted by Crippen LogP contribution is 2.13. The van der Waals surface area contributed by atoms with Crippen molar-refractivity contribution < 1.29 is 9.53 Å². The van der Waals surface area contributed by atoms with Crippen molar-refractivity contribution in [1.82, 2.24) is 4.90 Å². The molecule has 0 aliphatic carbocycles. The molecular weight excluding hydrogens is 180 g/mol. The van der Waals surface area contributed by atoms with E-state index in [0.29, 0.717) is 6.10 Å². The van der Waals surface area contributed by atoms with Crippen molar-refractivity contribution in [3.63, 3.8) is 0 Å². The SMILES string of the molecule is CCOC1CCN(C(=O)[C@@H](C)N)CC1. The van der Waals surface area contributed by atoms with Gasteiger partial charge in [-0.25, -0.2) is 0 Å². The first-order chi connectivity index (χ1) is 6.65. The molecule has 0 aromatic rings. The third kappa shape index (κ3) is 2.96. The number of rotatable bonds is 3. The van der Waals surface area contributed by atoms with E-state index < -0.39 is 0 Å². The minimum absolute atomic E-state index is 0.0555. The molecule has 0 spiro atoms. The first-order valence-electron chi connectivity index (χ1n) is 5.31. The highest BCUT2D eigenvalue weighted by molar-refractivity contribution is 5.81. The number of nitrogens with two attached hydrogens (primary N) is 1. The Hall–Kier alpha value is -0.610. The summed E-state index contributed by atoms with van der Waals surface area (Å²) in [7, 11) is 0. The molecule has 1 aliphatic heterocycles.